The molecule has 1 aliphatic carbocycles. The maximum Gasteiger partial charge on any atom is 0.408 e. The summed E-state index contributed by atoms with van der Waals surface area (Å²) in [4.78, 5) is 12.6. The number of aryl methyl sites for hydroxylation is 2. The van der Waals surface area contributed by atoms with Gasteiger partial charge in [0.05, 0.1) is 23.3 Å². The number of imidazole rings is 1. The molecule has 0 aromatic carbocycles. The van der Waals surface area contributed by atoms with Gasteiger partial charge in [-0.15, -0.1) is 0 Å². The minimum absolute atomic E-state index is 0.0197. The van der Waals surface area contributed by atoms with Crippen LogP contribution in [-0.4, -0.2) is 36.8 Å². The second kappa shape index (κ2) is 6.33. The van der Waals surface area contributed by atoms with E-state index in [0.717, 1.165) is 41.5 Å². The summed E-state index contributed by atoms with van der Waals surface area (Å²) in [5.74, 6) is -0.0197. The van der Waals surface area contributed by atoms with E-state index < -0.39 is 12.2 Å². The highest BCUT2D eigenvalue weighted by molar-refractivity contribution is 5.80. The second-order valence-electron chi connectivity index (χ2n) is 6.51. The largest absolute Gasteiger partial charge is 0.408 e. The van der Waals surface area contributed by atoms with Crippen LogP contribution in [0.5, 0.6) is 0 Å². The summed E-state index contributed by atoms with van der Waals surface area (Å²) in [5.41, 5.74) is 4.80. The van der Waals surface area contributed by atoms with Crippen molar-refractivity contribution in [2.75, 3.05) is 5.32 Å². The number of nitrogens with one attached hydrogen (secondary N) is 1. The highest BCUT2D eigenvalue weighted by atomic mass is 19.4. The number of fused-ring (bicyclic) bond motifs is 2. The van der Waals surface area contributed by atoms with Gasteiger partial charge in [0.2, 0.25) is 5.95 Å². The number of allylic oxidation sites excluding steroid dienone is 1. The van der Waals surface area contributed by atoms with Crippen LogP contribution in [0.4, 0.5) is 19.1 Å². The molecular weight excluding hydrogens is 357 g/mol. The normalized spacial score (nSPS) is 15.4. The van der Waals surface area contributed by atoms with E-state index in [1.165, 1.54) is 0 Å². The molecule has 0 aliphatic heterocycles. The third-order valence-corrected chi connectivity index (χ3v) is 4.53. The van der Waals surface area contributed by atoms with Crippen LogP contribution in [0.25, 0.3) is 11.2 Å². The van der Waals surface area contributed by atoms with E-state index in [9.17, 15) is 13.2 Å². The molecule has 9 heteroatoms. The van der Waals surface area contributed by atoms with Crippen LogP contribution in [-0.2, 0) is 6.42 Å². The standard InChI is InChI=1S/C18H17F3N6/c1-10-8-22-16-7-6-15(26-27(10)16)12-4-3-5-14-13(12)9-23-17(25-14)24-11(2)18(19,20)21/h4,6-9,11H,3,5H2,1-2H3,(H,23,24,25)/t11-/m1/s1. The van der Waals surface area contributed by atoms with Crippen LogP contribution >= 0.6 is 0 Å². The number of halogens is 3. The Morgan fingerprint density at radius 3 is 2.78 bits per heavy atom. The molecular formula is C18H17F3N6. The number of alkyl halides is 3. The average molecular weight is 374 g/mol. The minimum atomic E-state index is -4.35. The average Bonchev–Trinajstić information content (AvgIpc) is 3.00. The molecule has 140 valence electrons. The quantitative estimate of drug-likeness (QED) is 0.759. The molecule has 0 bridgehead atoms. The van der Waals surface area contributed by atoms with Crippen LogP contribution in [0, 0.1) is 6.92 Å². The lowest BCUT2D eigenvalue weighted by Gasteiger charge is -2.20. The van der Waals surface area contributed by atoms with Crippen LogP contribution < -0.4 is 5.32 Å². The molecule has 1 aliphatic rings. The number of anilines is 1. The van der Waals surface area contributed by atoms with Gasteiger partial charge in [-0.2, -0.15) is 18.3 Å². The fourth-order valence-corrected chi connectivity index (χ4v) is 3.01. The Kier molecular flexibility index (Phi) is 4.09. The van der Waals surface area contributed by atoms with Gasteiger partial charge in [-0.25, -0.2) is 19.5 Å². The third-order valence-electron chi connectivity index (χ3n) is 4.53. The Labute approximate surface area is 153 Å². The number of aromatic nitrogens is 5. The zero-order chi connectivity index (χ0) is 19.2. The highest BCUT2D eigenvalue weighted by Crippen LogP contribution is 2.30. The van der Waals surface area contributed by atoms with E-state index in [1.54, 1.807) is 16.9 Å². The fraction of sp³-hybridized carbons (Fsp3) is 0.333. The Morgan fingerprint density at radius 2 is 2.00 bits per heavy atom. The predicted octanol–water partition coefficient (Wildman–Crippen LogP) is 3.57. The van der Waals surface area contributed by atoms with Gasteiger partial charge in [0.25, 0.3) is 0 Å². The van der Waals surface area contributed by atoms with Crippen molar-refractivity contribution in [3.8, 4) is 0 Å². The third kappa shape index (κ3) is 3.24. The number of hydrogen-bond acceptors (Lipinski definition) is 5. The molecule has 0 amide bonds. The van der Waals surface area contributed by atoms with Crippen molar-refractivity contribution >= 4 is 17.2 Å². The van der Waals surface area contributed by atoms with Gasteiger partial charge in [-0.3, -0.25) is 0 Å². The lowest BCUT2D eigenvalue weighted by molar-refractivity contribution is -0.138. The summed E-state index contributed by atoms with van der Waals surface area (Å²) in [6.07, 6.45) is 2.38. The van der Waals surface area contributed by atoms with Crippen LogP contribution in [0.1, 0.15) is 36.0 Å². The molecule has 4 rings (SSSR count). The summed E-state index contributed by atoms with van der Waals surface area (Å²) in [6.45, 7) is 2.96. The van der Waals surface area contributed by atoms with E-state index >= 15 is 0 Å². The maximum absolute atomic E-state index is 12.7. The van der Waals surface area contributed by atoms with Crippen LogP contribution in [0.3, 0.4) is 0 Å². The van der Waals surface area contributed by atoms with Gasteiger partial charge in [0, 0.05) is 17.3 Å². The van der Waals surface area contributed by atoms with Crippen molar-refractivity contribution in [1.82, 2.24) is 24.6 Å². The first kappa shape index (κ1) is 17.4. The molecule has 0 saturated heterocycles. The molecule has 1 atom stereocenters. The summed E-state index contributed by atoms with van der Waals surface area (Å²) < 4.78 is 40.0. The summed E-state index contributed by atoms with van der Waals surface area (Å²) in [7, 11) is 0. The van der Waals surface area contributed by atoms with Crippen LogP contribution in [0.2, 0.25) is 0 Å². The van der Waals surface area contributed by atoms with Gasteiger partial charge in [0.15, 0.2) is 5.65 Å². The van der Waals surface area contributed by atoms with Gasteiger partial charge in [-0.1, -0.05) is 6.08 Å². The SMILES string of the molecule is Cc1cnc2ccc(C3=CCCc4nc(N[C@H](C)C(F)(F)F)ncc43)nn12. The molecule has 3 aromatic rings. The zero-order valence-electron chi connectivity index (χ0n) is 14.7. The van der Waals surface area contributed by atoms with Gasteiger partial charge in [0.1, 0.15) is 6.04 Å². The maximum atomic E-state index is 12.7. The van der Waals surface area contributed by atoms with Crippen LogP contribution in [0.15, 0.2) is 30.6 Å². The van der Waals surface area contributed by atoms with Crippen molar-refractivity contribution in [2.45, 2.75) is 38.9 Å². The predicted molar refractivity (Wildman–Crippen MR) is 94.3 cm³/mol. The van der Waals surface area contributed by atoms with Crippen molar-refractivity contribution in [2.24, 2.45) is 0 Å². The smallest absolute Gasteiger partial charge is 0.343 e. The molecule has 1 N–H and O–H groups in total. The molecule has 0 radical (unpaired) electrons. The highest BCUT2D eigenvalue weighted by Gasteiger charge is 2.36. The van der Waals surface area contributed by atoms with Gasteiger partial charge < -0.3 is 5.32 Å². The van der Waals surface area contributed by atoms with E-state index in [2.05, 4.69) is 31.4 Å². The Bertz CT molecular complexity index is 1040. The molecule has 3 heterocycles. The van der Waals surface area contributed by atoms with E-state index in [-0.39, 0.29) is 5.95 Å². The van der Waals surface area contributed by atoms with Crippen molar-refractivity contribution in [3.05, 3.63) is 53.2 Å². The van der Waals surface area contributed by atoms with Crippen molar-refractivity contribution < 1.29 is 13.2 Å². The number of rotatable bonds is 3. The zero-order valence-corrected chi connectivity index (χ0v) is 14.7. The van der Waals surface area contributed by atoms with E-state index in [1.807, 2.05) is 19.1 Å². The Hall–Kier alpha value is -2.97. The molecule has 0 fully saturated rings. The summed E-state index contributed by atoms with van der Waals surface area (Å²) in [6, 6.07) is 2.04. The minimum Gasteiger partial charge on any atom is -0.343 e. The Morgan fingerprint density at radius 1 is 1.19 bits per heavy atom. The number of nitrogens with zero attached hydrogens (tertiary/aromatic N) is 5. The molecule has 0 spiro atoms. The molecule has 0 saturated carbocycles. The van der Waals surface area contributed by atoms with Gasteiger partial charge in [-0.05, 0) is 38.8 Å². The second-order valence-corrected chi connectivity index (χ2v) is 6.51. The topological polar surface area (TPSA) is 68.0 Å². The first-order valence-corrected chi connectivity index (χ1v) is 8.54. The summed E-state index contributed by atoms with van der Waals surface area (Å²) in [5, 5.41) is 6.95. The lowest BCUT2D eigenvalue weighted by atomic mass is 9.94. The Balaban J connectivity index is 1.68. The molecule has 3 aromatic heterocycles. The molecule has 27 heavy (non-hydrogen) atoms. The van der Waals surface area contributed by atoms with Gasteiger partial charge >= 0.3 is 6.18 Å². The van der Waals surface area contributed by atoms with E-state index in [0.29, 0.717) is 12.1 Å². The number of hydrogen-bond donors (Lipinski definition) is 1. The van der Waals surface area contributed by atoms with Crippen molar-refractivity contribution in [3.63, 3.8) is 0 Å². The van der Waals surface area contributed by atoms with Crippen molar-refractivity contribution in [1.29, 1.82) is 0 Å². The molecule has 0 unspecified atom stereocenters. The lowest BCUT2D eigenvalue weighted by Crippen LogP contribution is -2.34. The van der Waals surface area contributed by atoms with E-state index in [4.69, 9.17) is 0 Å². The molecule has 6 nitrogen and oxygen atoms in total. The fourth-order valence-electron chi connectivity index (χ4n) is 3.01. The summed E-state index contributed by atoms with van der Waals surface area (Å²) >= 11 is 0. The monoisotopic (exact) mass is 374 g/mol. The first-order chi connectivity index (χ1) is 12.8. The first-order valence-electron chi connectivity index (χ1n) is 8.54.